The molecular weight excluding hydrogens is 194 g/mol. The first-order valence-electron chi connectivity index (χ1n) is 4.52. The molecule has 0 saturated heterocycles. The number of imidazole rings is 1. The molecule has 1 heterocycles. The first-order chi connectivity index (χ1) is 7.13. The summed E-state index contributed by atoms with van der Waals surface area (Å²) in [6, 6.07) is 4.83. The Morgan fingerprint density at radius 2 is 2.33 bits per heavy atom. The fourth-order valence-corrected chi connectivity index (χ4v) is 1.56. The molecule has 0 fully saturated rings. The molecule has 0 amide bonds. The van der Waals surface area contributed by atoms with E-state index < -0.39 is 5.97 Å². The minimum Gasteiger partial charge on any atom is -0.478 e. The molecule has 1 aromatic heterocycles. The highest BCUT2D eigenvalue weighted by atomic mass is 16.4. The van der Waals surface area contributed by atoms with Crippen molar-refractivity contribution in [2.24, 2.45) is 12.8 Å². The van der Waals surface area contributed by atoms with Crippen LogP contribution in [0, 0.1) is 0 Å². The largest absolute Gasteiger partial charge is 0.478 e. The molecule has 2 aromatic rings. The summed E-state index contributed by atoms with van der Waals surface area (Å²) >= 11 is 0. The monoisotopic (exact) mass is 205 g/mol. The van der Waals surface area contributed by atoms with Crippen LogP contribution in [0.4, 0.5) is 0 Å². The van der Waals surface area contributed by atoms with Gasteiger partial charge in [0.25, 0.3) is 0 Å². The maximum atomic E-state index is 10.8. The van der Waals surface area contributed by atoms with Gasteiger partial charge in [0.2, 0.25) is 0 Å². The smallest absolute Gasteiger partial charge is 0.335 e. The van der Waals surface area contributed by atoms with Crippen LogP contribution in [0.3, 0.4) is 0 Å². The van der Waals surface area contributed by atoms with Gasteiger partial charge in [0.15, 0.2) is 0 Å². The van der Waals surface area contributed by atoms with E-state index in [9.17, 15) is 4.79 Å². The molecule has 15 heavy (non-hydrogen) atoms. The molecule has 0 atom stereocenters. The van der Waals surface area contributed by atoms with Crippen molar-refractivity contribution in [1.29, 1.82) is 0 Å². The van der Waals surface area contributed by atoms with Crippen molar-refractivity contribution in [3.05, 3.63) is 29.6 Å². The minimum atomic E-state index is -0.938. The number of carboxylic acids is 1. The number of hydrogen-bond acceptors (Lipinski definition) is 3. The molecule has 5 nitrogen and oxygen atoms in total. The Labute approximate surface area is 86.1 Å². The average molecular weight is 205 g/mol. The second-order valence-electron chi connectivity index (χ2n) is 3.30. The van der Waals surface area contributed by atoms with Gasteiger partial charge >= 0.3 is 5.97 Å². The summed E-state index contributed by atoms with van der Waals surface area (Å²) in [6.07, 6.45) is 0. The maximum Gasteiger partial charge on any atom is 0.335 e. The number of hydrogen-bond donors (Lipinski definition) is 2. The van der Waals surface area contributed by atoms with Crippen molar-refractivity contribution in [1.82, 2.24) is 9.55 Å². The molecule has 0 saturated carbocycles. The van der Waals surface area contributed by atoms with E-state index in [1.807, 2.05) is 11.6 Å². The third kappa shape index (κ3) is 1.46. The number of carboxylic acid groups (broad SMARTS) is 1. The lowest BCUT2D eigenvalue weighted by Gasteiger charge is -1.99. The lowest BCUT2D eigenvalue weighted by molar-refractivity contribution is 0.0697. The predicted molar refractivity (Wildman–Crippen MR) is 55.6 cm³/mol. The Morgan fingerprint density at radius 3 is 2.93 bits per heavy atom. The summed E-state index contributed by atoms with van der Waals surface area (Å²) in [5.41, 5.74) is 7.33. The van der Waals surface area contributed by atoms with E-state index in [1.54, 1.807) is 12.1 Å². The first-order valence-corrected chi connectivity index (χ1v) is 4.52. The van der Waals surface area contributed by atoms with Crippen LogP contribution < -0.4 is 5.73 Å². The van der Waals surface area contributed by atoms with Crippen molar-refractivity contribution in [3.63, 3.8) is 0 Å². The molecule has 78 valence electrons. The molecule has 1 aromatic carbocycles. The number of aryl methyl sites for hydroxylation is 1. The number of aromatic nitrogens is 2. The summed E-state index contributed by atoms with van der Waals surface area (Å²) < 4.78 is 1.81. The third-order valence-electron chi connectivity index (χ3n) is 2.40. The summed E-state index contributed by atoms with van der Waals surface area (Å²) in [7, 11) is 1.82. The fourth-order valence-electron chi connectivity index (χ4n) is 1.56. The van der Waals surface area contributed by atoms with E-state index in [0.717, 1.165) is 16.9 Å². The fraction of sp³-hybridized carbons (Fsp3) is 0.200. The van der Waals surface area contributed by atoms with Crippen molar-refractivity contribution >= 4 is 17.0 Å². The van der Waals surface area contributed by atoms with Crippen molar-refractivity contribution in [2.45, 2.75) is 6.54 Å². The molecule has 2 rings (SSSR count). The lowest BCUT2D eigenvalue weighted by atomic mass is 10.2. The van der Waals surface area contributed by atoms with Gasteiger partial charge in [-0.05, 0) is 18.2 Å². The minimum absolute atomic E-state index is 0.258. The quantitative estimate of drug-likeness (QED) is 0.757. The molecule has 0 spiro atoms. The standard InChI is InChI=1S/C10H11N3O2/c1-13-8-4-6(10(14)15)2-3-7(8)12-9(13)5-11/h2-4H,5,11H2,1H3,(H,14,15). The van der Waals surface area contributed by atoms with Crippen molar-refractivity contribution < 1.29 is 9.90 Å². The van der Waals surface area contributed by atoms with Crippen LogP contribution in [-0.2, 0) is 13.6 Å². The highest BCUT2D eigenvalue weighted by Crippen LogP contribution is 2.16. The van der Waals surface area contributed by atoms with E-state index in [-0.39, 0.29) is 5.56 Å². The number of fused-ring (bicyclic) bond motifs is 1. The van der Waals surface area contributed by atoms with Crippen LogP contribution in [0.25, 0.3) is 11.0 Å². The second-order valence-corrected chi connectivity index (χ2v) is 3.30. The second kappa shape index (κ2) is 3.36. The van der Waals surface area contributed by atoms with E-state index >= 15 is 0 Å². The van der Waals surface area contributed by atoms with Gasteiger partial charge < -0.3 is 15.4 Å². The van der Waals surface area contributed by atoms with E-state index in [0.29, 0.717) is 6.54 Å². The Balaban J connectivity index is 2.70. The van der Waals surface area contributed by atoms with Gasteiger partial charge in [-0.3, -0.25) is 0 Å². The Kier molecular flexibility index (Phi) is 2.17. The van der Waals surface area contributed by atoms with Gasteiger partial charge in [-0.2, -0.15) is 0 Å². The highest BCUT2D eigenvalue weighted by molar-refractivity contribution is 5.92. The molecule has 0 aliphatic carbocycles. The van der Waals surface area contributed by atoms with Gasteiger partial charge in [0.05, 0.1) is 23.1 Å². The number of benzene rings is 1. The number of carbonyl (C=O) groups is 1. The normalized spacial score (nSPS) is 10.8. The topological polar surface area (TPSA) is 81.1 Å². The van der Waals surface area contributed by atoms with Gasteiger partial charge in [-0.15, -0.1) is 0 Å². The number of nitrogens with zero attached hydrogens (tertiary/aromatic N) is 2. The molecule has 0 bridgehead atoms. The number of rotatable bonds is 2. The zero-order chi connectivity index (χ0) is 11.0. The van der Waals surface area contributed by atoms with Crippen LogP contribution >= 0.6 is 0 Å². The lowest BCUT2D eigenvalue weighted by Crippen LogP contribution is -2.04. The van der Waals surface area contributed by atoms with Crippen molar-refractivity contribution in [2.75, 3.05) is 0 Å². The SMILES string of the molecule is Cn1c(CN)nc2ccc(C(=O)O)cc21. The van der Waals surface area contributed by atoms with Gasteiger partial charge in [0, 0.05) is 7.05 Å². The van der Waals surface area contributed by atoms with Crippen LogP contribution in [0.5, 0.6) is 0 Å². The predicted octanol–water partition coefficient (Wildman–Crippen LogP) is 0.730. The first kappa shape index (κ1) is 9.67. The zero-order valence-corrected chi connectivity index (χ0v) is 8.27. The molecule has 0 aliphatic rings. The van der Waals surface area contributed by atoms with Crippen LogP contribution in [-0.4, -0.2) is 20.6 Å². The van der Waals surface area contributed by atoms with Gasteiger partial charge in [-0.25, -0.2) is 9.78 Å². The van der Waals surface area contributed by atoms with Crippen LogP contribution in [0.15, 0.2) is 18.2 Å². The molecule has 0 aliphatic heterocycles. The average Bonchev–Trinajstić information content (AvgIpc) is 2.55. The van der Waals surface area contributed by atoms with E-state index in [1.165, 1.54) is 6.07 Å². The van der Waals surface area contributed by atoms with Gasteiger partial charge in [-0.1, -0.05) is 0 Å². The molecule has 5 heteroatoms. The highest BCUT2D eigenvalue weighted by Gasteiger charge is 2.09. The Hall–Kier alpha value is -1.88. The molecule has 0 radical (unpaired) electrons. The molecular formula is C10H11N3O2. The van der Waals surface area contributed by atoms with E-state index in [2.05, 4.69) is 4.98 Å². The van der Waals surface area contributed by atoms with E-state index in [4.69, 9.17) is 10.8 Å². The summed E-state index contributed by atoms with van der Waals surface area (Å²) in [5.74, 6) is -0.195. The van der Waals surface area contributed by atoms with Crippen LogP contribution in [0.1, 0.15) is 16.2 Å². The summed E-state index contributed by atoms with van der Waals surface area (Å²) in [6.45, 7) is 0.341. The Morgan fingerprint density at radius 1 is 1.60 bits per heavy atom. The van der Waals surface area contributed by atoms with Crippen molar-refractivity contribution in [3.8, 4) is 0 Å². The number of nitrogens with two attached hydrogens (primary N) is 1. The summed E-state index contributed by atoms with van der Waals surface area (Å²) in [4.78, 5) is 15.1. The number of aromatic carboxylic acids is 1. The maximum absolute atomic E-state index is 10.8. The molecule has 3 N–H and O–H groups in total. The van der Waals surface area contributed by atoms with Gasteiger partial charge in [0.1, 0.15) is 5.82 Å². The molecule has 0 unspecified atom stereocenters. The van der Waals surface area contributed by atoms with Crippen LogP contribution in [0.2, 0.25) is 0 Å². The zero-order valence-electron chi connectivity index (χ0n) is 8.27. The third-order valence-corrected chi connectivity index (χ3v) is 2.40. The Bertz CT molecular complexity index is 531. The summed E-state index contributed by atoms with van der Waals surface area (Å²) in [5, 5.41) is 8.84.